The van der Waals surface area contributed by atoms with Crippen LogP contribution in [0.4, 0.5) is 20.6 Å². The SMILES string of the molecule is Cc1cc(NC(=O)NC2CCCN(c3c(C)cncc3C)C2)ccc1F. The number of aryl methyl sites for hydroxylation is 3. The van der Waals surface area contributed by atoms with E-state index in [1.807, 2.05) is 12.4 Å². The van der Waals surface area contributed by atoms with Crippen LogP contribution in [0.15, 0.2) is 30.6 Å². The average molecular weight is 356 g/mol. The molecule has 2 aromatic rings. The molecule has 6 heteroatoms. The van der Waals surface area contributed by atoms with Gasteiger partial charge < -0.3 is 15.5 Å². The van der Waals surface area contributed by atoms with Crippen LogP contribution in [0.25, 0.3) is 0 Å². The number of pyridine rings is 1. The third kappa shape index (κ3) is 4.12. The van der Waals surface area contributed by atoms with Crippen molar-refractivity contribution in [2.75, 3.05) is 23.3 Å². The van der Waals surface area contributed by atoms with Crippen LogP contribution in [-0.2, 0) is 0 Å². The predicted molar refractivity (Wildman–Crippen MR) is 102 cm³/mol. The molecule has 2 N–H and O–H groups in total. The van der Waals surface area contributed by atoms with Gasteiger partial charge in [0.1, 0.15) is 5.82 Å². The highest BCUT2D eigenvalue weighted by atomic mass is 19.1. The third-order valence-corrected chi connectivity index (χ3v) is 4.77. The molecule has 1 aliphatic heterocycles. The van der Waals surface area contributed by atoms with Gasteiger partial charge in [0.05, 0.1) is 0 Å². The van der Waals surface area contributed by atoms with E-state index in [0.29, 0.717) is 11.3 Å². The van der Waals surface area contributed by atoms with Gasteiger partial charge in [-0.3, -0.25) is 4.98 Å². The van der Waals surface area contributed by atoms with Crippen molar-refractivity contribution >= 4 is 17.4 Å². The zero-order valence-corrected chi connectivity index (χ0v) is 15.5. The summed E-state index contributed by atoms with van der Waals surface area (Å²) in [6, 6.07) is 4.37. The number of rotatable bonds is 3. The Bertz CT molecular complexity index is 788. The van der Waals surface area contributed by atoms with E-state index < -0.39 is 0 Å². The Labute approximate surface area is 153 Å². The number of urea groups is 1. The van der Waals surface area contributed by atoms with E-state index in [1.54, 1.807) is 19.1 Å². The van der Waals surface area contributed by atoms with Gasteiger partial charge in [0.15, 0.2) is 0 Å². The fourth-order valence-corrected chi connectivity index (χ4v) is 3.57. The van der Waals surface area contributed by atoms with Gasteiger partial charge in [0.2, 0.25) is 0 Å². The molecule has 2 heterocycles. The van der Waals surface area contributed by atoms with Gasteiger partial charge >= 0.3 is 6.03 Å². The molecule has 1 aliphatic rings. The molecule has 0 aliphatic carbocycles. The molecule has 0 spiro atoms. The second-order valence-electron chi connectivity index (χ2n) is 6.97. The first-order chi connectivity index (χ1) is 12.4. The van der Waals surface area contributed by atoms with Gasteiger partial charge in [-0.15, -0.1) is 0 Å². The highest BCUT2D eigenvalue weighted by Gasteiger charge is 2.23. The fraction of sp³-hybridized carbons (Fsp3) is 0.400. The maximum atomic E-state index is 13.3. The van der Waals surface area contributed by atoms with Crippen molar-refractivity contribution in [2.24, 2.45) is 0 Å². The molecule has 2 amide bonds. The average Bonchev–Trinajstić information content (AvgIpc) is 2.58. The molecule has 1 fully saturated rings. The van der Waals surface area contributed by atoms with Gasteiger partial charge in [-0.05, 0) is 68.5 Å². The molecule has 3 rings (SSSR count). The van der Waals surface area contributed by atoms with Crippen molar-refractivity contribution < 1.29 is 9.18 Å². The molecular weight excluding hydrogens is 331 g/mol. The number of anilines is 2. The number of aromatic nitrogens is 1. The van der Waals surface area contributed by atoms with Gasteiger partial charge in [0.25, 0.3) is 0 Å². The minimum Gasteiger partial charge on any atom is -0.369 e. The Morgan fingerprint density at radius 2 is 1.92 bits per heavy atom. The molecular formula is C20H25FN4O. The summed E-state index contributed by atoms with van der Waals surface area (Å²) < 4.78 is 13.3. The monoisotopic (exact) mass is 356 g/mol. The fourth-order valence-electron chi connectivity index (χ4n) is 3.57. The van der Waals surface area contributed by atoms with Crippen molar-refractivity contribution in [1.29, 1.82) is 0 Å². The Morgan fingerprint density at radius 1 is 1.19 bits per heavy atom. The maximum Gasteiger partial charge on any atom is 0.319 e. The van der Waals surface area contributed by atoms with Crippen LogP contribution < -0.4 is 15.5 Å². The summed E-state index contributed by atoms with van der Waals surface area (Å²) >= 11 is 0. The Kier molecular flexibility index (Phi) is 5.40. The summed E-state index contributed by atoms with van der Waals surface area (Å²) in [4.78, 5) is 18.9. The van der Waals surface area contributed by atoms with Gasteiger partial charge in [-0.25, -0.2) is 9.18 Å². The zero-order chi connectivity index (χ0) is 18.7. The summed E-state index contributed by atoms with van der Waals surface area (Å²) in [6.45, 7) is 7.55. The number of carbonyl (C=O) groups excluding carboxylic acids is 1. The molecule has 5 nitrogen and oxygen atoms in total. The van der Waals surface area contributed by atoms with Crippen molar-refractivity contribution in [1.82, 2.24) is 10.3 Å². The van der Waals surface area contributed by atoms with E-state index in [9.17, 15) is 9.18 Å². The Morgan fingerprint density at radius 3 is 2.62 bits per heavy atom. The van der Waals surface area contributed by atoms with Gasteiger partial charge in [-0.1, -0.05) is 0 Å². The topological polar surface area (TPSA) is 57.3 Å². The van der Waals surface area contributed by atoms with Crippen LogP contribution in [-0.4, -0.2) is 30.1 Å². The molecule has 0 bridgehead atoms. The normalized spacial score (nSPS) is 17.1. The summed E-state index contributed by atoms with van der Waals surface area (Å²) in [5.74, 6) is -0.276. The van der Waals surface area contributed by atoms with Gasteiger partial charge in [0, 0.05) is 42.9 Å². The maximum absolute atomic E-state index is 13.3. The number of nitrogens with one attached hydrogen (secondary N) is 2. The number of piperidine rings is 1. The third-order valence-electron chi connectivity index (χ3n) is 4.77. The predicted octanol–water partition coefficient (Wildman–Crippen LogP) is 3.94. The lowest BCUT2D eigenvalue weighted by Gasteiger charge is -2.36. The molecule has 1 aromatic heterocycles. The number of benzene rings is 1. The lowest BCUT2D eigenvalue weighted by molar-refractivity contribution is 0.246. The summed E-state index contributed by atoms with van der Waals surface area (Å²) in [5, 5.41) is 5.83. The smallest absolute Gasteiger partial charge is 0.319 e. The van der Waals surface area contributed by atoms with Crippen molar-refractivity contribution in [2.45, 2.75) is 39.7 Å². The molecule has 1 aromatic carbocycles. The summed E-state index contributed by atoms with van der Waals surface area (Å²) in [6.07, 6.45) is 5.71. The molecule has 0 radical (unpaired) electrons. The first-order valence-electron chi connectivity index (χ1n) is 8.94. The van der Waals surface area contributed by atoms with E-state index in [-0.39, 0.29) is 17.9 Å². The van der Waals surface area contributed by atoms with Crippen molar-refractivity contribution in [3.05, 3.63) is 53.1 Å². The minimum atomic E-state index is -0.276. The number of carbonyl (C=O) groups is 1. The van der Waals surface area contributed by atoms with Crippen molar-refractivity contribution in [3.8, 4) is 0 Å². The molecule has 0 saturated carbocycles. The van der Waals surface area contributed by atoms with Crippen LogP contribution in [0, 0.1) is 26.6 Å². The molecule has 1 atom stereocenters. The van der Waals surface area contributed by atoms with E-state index in [1.165, 1.54) is 11.8 Å². The first-order valence-corrected chi connectivity index (χ1v) is 8.94. The van der Waals surface area contributed by atoms with Crippen LogP contribution in [0.5, 0.6) is 0 Å². The van der Waals surface area contributed by atoms with Crippen LogP contribution >= 0.6 is 0 Å². The zero-order valence-electron chi connectivity index (χ0n) is 15.5. The summed E-state index contributed by atoms with van der Waals surface area (Å²) in [7, 11) is 0. The van der Waals surface area contributed by atoms with Crippen LogP contribution in [0.3, 0.4) is 0 Å². The standard InChI is InChI=1S/C20H25FN4O/c1-13-9-16(6-7-18(13)21)23-20(26)24-17-5-4-8-25(12-17)19-14(2)10-22-11-15(19)3/h6-7,9-11,17H,4-5,8,12H2,1-3H3,(H2,23,24,26). The highest BCUT2D eigenvalue weighted by Crippen LogP contribution is 2.26. The van der Waals surface area contributed by atoms with E-state index in [0.717, 1.165) is 37.1 Å². The summed E-state index contributed by atoms with van der Waals surface area (Å²) in [5.41, 5.74) is 4.61. The highest BCUT2D eigenvalue weighted by molar-refractivity contribution is 5.89. The Balaban J connectivity index is 1.63. The van der Waals surface area contributed by atoms with Crippen molar-refractivity contribution in [3.63, 3.8) is 0 Å². The van der Waals surface area contributed by atoms with E-state index in [4.69, 9.17) is 0 Å². The number of hydrogen-bond donors (Lipinski definition) is 2. The molecule has 1 saturated heterocycles. The molecule has 1 unspecified atom stereocenters. The Hall–Kier alpha value is -2.63. The van der Waals surface area contributed by atoms with Crippen LogP contribution in [0.1, 0.15) is 29.5 Å². The number of amides is 2. The van der Waals surface area contributed by atoms with Gasteiger partial charge in [-0.2, -0.15) is 0 Å². The minimum absolute atomic E-state index is 0.0669. The first kappa shape index (κ1) is 18.2. The number of halogens is 1. The second-order valence-corrected chi connectivity index (χ2v) is 6.97. The van der Waals surface area contributed by atoms with Crippen LogP contribution in [0.2, 0.25) is 0 Å². The second kappa shape index (κ2) is 7.72. The number of nitrogens with zero attached hydrogens (tertiary/aromatic N) is 2. The quantitative estimate of drug-likeness (QED) is 0.876. The molecule has 26 heavy (non-hydrogen) atoms. The molecule has 138 valence electrons. The lowest BCUT2D eigenvalue weighted by Crippen LogP contribution is -2.49. The van der Waals surface area contributed by atoms with E-state index in [2.05, 4.69) is 34.4 Å². The number of hydrogen-bond acceptors (Lipinski definition) is 3. The van der Waals surface area contributed by atoms with E-state index >= 15 is 0 Å². The largest absolute Gasteiger partial charge is 0.369 e. The lowest BCUT2D eigenvalue weighted by atomic mass is 10.0.